The zero-order valence-corrected chi connectivity index (χ0v) is 17.2. The highest BCUT2D eigenvalue weighted by Crippen LogP contribution is 2.38. The van der Waals surface area contributed by atoms with Crippen molar-refractivity contribution in [3.63, 3.8) is 0 Å². The average molecular weight is 411 g/mol. The van der Waals surface area contributed by atoms with E-state index in [9.17, 15) is 4.79 Å². The molecule has 0 aliphatic carbocycles. The quantitative estimate of drug-likeness (QED) is 0.727. The number of nitrogens with zero attached hydrogens (tertiary/aromatic N) is 2. The number of piperidine rings is 1. The van der Waals surface area contributed by atoms with Crippen LogP contribution in [0.4, 0.5) is 0 Å². The van der Waals surface area contributed by atoms with Crippen LogP contribution in [-0.2, 0) is 6.54 Å². The lowest BCUT2D eigenvalue weighted by atomic mass is 10.1. The number of rotatable bonds is 7. The van der Waals surface area contributed by atoms with Crippen LogP contribution in [0.2, 0.25) is 0 Å². The number of halogens is 1. The summed E-state index contributed by atoms with van der Waals surface area (Å²) in [6.07, 6.45) is 4.06. The first-order valence-corrected chi connectivity index (χ1v) is 8.99. The Bertz CT molecular complexity index is 765. The molecule has 9 heteroatoms. The van der Waals surface area contributed by atoms with E-state index in [0.717, 1.165) is 31.5 Å². The Kier molecular flexibility index (Phi) is 7.95. The van der Waals surface area contributed by atoms with E-state index in [-0.39, 0.29) is 18.3 Å². The van der Waals surface area contributed by atoms with Crippen molar-refractivity contribution in [2.45, 2.75) is 25.4 Å². The molecule has 0 saturated carbocycles. The molecule has 2 heterocycles. The average Bonchev–Trinajstić information content (AvgIpc) is 3.22. The van der Waals surface area contributed by atoms with Gasteiger partial charge in [-0.3, -0.25) is 9.48 Å². The highest BCUT2D eigenvalue weighted by Gasteiger charge is 2.18. The number of hydrogen-bond donors (Lipinski definition) is 2. The summed E-state index contributed by atoms with van der Waals surface area (Å²) in [7, 11) is 4.68. The number of carbonyl (C=O) groups excluding carboxylic acids is 1. The molecule has 1 unspecified atom stereocenters. The number of benzene rings is 1. The molecule has 1 aromatic carbocycles. The first-order chi connectivity index (χ1) is 13.2. The van der Waals surface area contributed by atoms with Crippen molar-refractivity contribution < 1.29 is 19.0 Å². The van der Waals surface area contributed by atoms with Crippen molar-refractivity contribution >= 4 is 18.3 Å². The molecule has 1 fully saturated rings. The highest BCUT2D eigenvalue weighted by molar-refractivity contribution is 5.92. The van der Waals surface area contributed by atoms with Gasteiger partial charge in [-0.25, -0.2) is 0 Å². The van der Waals surface area contributed by atoms with Crippen molar-refractivity contribution in [3.05, 3.63) is 35.7 Å². The molecule has 2 aromatic rings. The van der Waals surface area contributed by atoms with E-state index in [1.54, 1.807) is 27.4 Å². The predicted octanol–water partition coefficient (Wildman–Crippen LogP) is 2.19. The number of carbonyl (C=O) groups is 1. The van der Waals surface area contributed by atoms with Gasteiger partial charge in [0.2, 0.25) is 5.75 Å². The Hall–Kier alpha value is -2.45. The molecule has 154 valence electrons. The maximum absolute atomic E-state index is 12.5. The third-order valence-corrected chi connectivity index (χ3v) is 4.66. The number of aromatic nitrogens is 2. The minimum atomic E-state index is -0.216. The Labute approximate surface area is 170 Å². The molecule has 1 atom stereocenters. The fraction of sp³-hybridized carbons (Fsp3) is 0.474. The van der Waals surface area contributed by atoms with Crippen LogP contribution in [0.5, 0.6) is 17.2 Å². The Balaban J connectivity index is 0.00000280. The van der Waals surface area contributed by atoms with Crippen LogP contribution in [0.15, 0.2) is 24.4 Å². The van der Waals surface area contributed by atoms with Gasteiger partial charge in [-0.1, -0.05) is 0 Å². The first kappa shape index (κ1) is 21.8. The standard InChI is InChI=1S/C19H26N4O4.ClH/c1-25-16-9-13(10-17(26-2)18(16)27-3)11-21-19(24)15-6-8-23(22-15)14-5-4-7-20-12-14;/h6,8-10,14,20H,4-5,7,11-12H2,1-3H3,(H,21,24);1H. The molecule has 2 N–H and O–H groups in total. The van der Waals surface area contributed by atoms with E-state index in [0.29, 0.717) is 35.5 Å². The lowest BCUT2D eigenvalue weighted by molar-refractivity contribution is 0.0944. The van der Waals surface area contributed by atoms with Crippen molar-refractivity contribution in [3.8, 4) is 17.2 Å². The predicted molar refractivity (Wildman–Crippen MR) is 108 cm³/mol. The smallest absolute Gasteiger partial charge is 0.272 e. The normalized spacial score (nSPS) is 16.0. The summed E-state index contributed by atoms with van der Waals surface area (Å²) < 4.78 is 17.9. The van der Waals surface area contributed by atoms with E-state index in [1.807, 2.05) is 23.0 Å². The maximum atomic E-state index is 12.5. The summed E-state index contributed by atoms with van der Waals surface area (Å²) in [5.74, 6) is 1.41. The van der Waals surface area contributed by atoms with Crippen molar-refractivity contribution in [1.82, 2.24) is 20.4 Å². The summed E-state index contributed by atoms with van der Waals surface area (Å²) in [5, 5.41) is 10.7. The van der Waals surface area contributed by atoms with Crippen LogP contribution in [0, 0.1) is 0 Å². The van der Waals surface area contributed by atoms with Crippen LogP contribution < -0.4 is 24.8 Å². The second-order valence-electron chi connectivity index (χ2n) is 6.40. The van der Waals surface area contributed by atoms with Gasteiger partial charge in [0, 0.05) is 19.3 Å². The van der Waals surface area contributed by atoms with Gasteiger partial charge in [0.15, 0.2) is 11.5 Å². The van der Waals surface area contributed by atoms with Crippen molar-refractivity contribution in [1.29, 1.82) is 0 Å². The number of hydrogen-bond acceptors (Lipinski definition) is 6. The topological polar surface area (TPSA) is 86.6 Å². The highest BCUT2D eigenvalue weighted by atomic mass is 35.5. The van der Waals surface area contributed by atoms with Crippen LogP contribution >= 0.6 is 12.4 Å². The molecule has 1 saturated heterocycles. The van der Waals surface area contributed by atoms with E-state index < -0.39 is 0 Å². The molecule has 1 aliphatic heterocycles. The lowest BCUT2D eigenvalue weighted by Gasteiger charge is -2.22. The monoisotopic (exact) mass is 410 g/mol. The van der Waals surface area contributed by atoms with Crippen LogP contribution in [-0.4, -0.2) is 50.1 Å². The molecule has 28 heavy (non-hydrogen) atoms. The van der Waals surface area contributed by atoms with Gasteiger partial charge in [-0.15, -0.1) is 12.4 Å². The summed E-state index contributed by atoms with van der Waals surface area (Å²) in [6.45, 7) is 2.25. The number of nitrogens with one attached hydrogen (secondary N) is 2. The van der Waals surface area contributed by atoms with Crippen LogP contribution in [0.3, 0.4) is 0 Å². The van der Waals surface area contributed by atoms with Crippen LogP contribution in [0.25, 0.3) is 0 Å². The van der Waals surface area contributed by atoms with Gasteiger partial charge < -0.3 is 24.8 Å². The summed E-state index contributed by atoms with van der Waals surface area (Å²) >= 11 is 0. The second kappa shape index (κ2) is 10.2. The molecule has 8 nitrogen and oxygen atoms in total. The van der Waals surface area contributed by atoms with E-state index in [4.69, 9.17) is 14.2 Å². The fourth-order valence-electron chi connectivity index (χ4n) is 3.23. The Morgan fingerprint density at radius 1 is 1.25 bits per heavy atom. The van der Waals surface area contributed by atoms with Crippen molar-refractivity contribution in [2.75, 3.05) is 34.4 Å². The lowest BCUT2D eigenvalue weighted by Crippen LogP contribution is -2.32. The molecule has 1 amide bonds. The van der Waals surface area contributed by atoms with Gasteiger partial charge in [0.05, 0.1) is 27.4 Å². The SMILES string of the molecule is COc1cc(CNC(=O)c2ccn(C3CCCNC3)n2)cc(OC)c1OC.Cl. The van der Waals surface area contributed by atoms with Gasteiger partial charge in [0.1, 0.15) is 5.69 Å². The maximum Gasteiger partial charge on any atom is 0.272 e. The first-order valence-electron chi connectivity index (χ1n) is 8.99. The van der Waals surface area contributed by atoms with E-state index in [2.05, 4.69) is 15.7 Å². The fourth-order valence-corrected chi connectivity index (χ4v) is 3.23. The van der Waals surface area contributed by atoms with Gasteiger partial charge in [-0.2, -0.15) is 5.10 Å². The number of methoxy groups -OCH3 is 3. The van der Waals surface area contributed by atoms with E-state index >= 15 is 0 Å². The third-order valence-electron chi connectivity index (χ3n) is 4.66. The second-order valence-corrected chi connectivity index (χ2v) is 6.40. The Morgan fingerprint density at radius 2 is 1.96 bits per heavy atom. The van der Waals surface area contributed by atoms with E-state index in [1.165, 1.54) is 0 Å². The molecule has 3 rings (SSSR count). The largest absolute Gasteiger partial charge is 0.493 e. The zero-order valence-electron chi connectivity index (χ0n) is 16.4. The number of ether oxygens (including phenoxy) is 3. The molecule has 1 aromatic heterocycles. The number of amides is 1. The summed E-state index contributed by atoms with van der Waals surface area (Å²) in [5.41, 5.74) is 1.25. The minimum absolute atomic E-state index is 0. The molecule has 1 aliphatic rings. The van der Waals surface area contributed by atoms with Gasteiger partial charge in [0.25, 0.3) is 5.91 Å². The zero-order chi connectivity index (χ0) is 19.2. The van der Waals surface area contributed by atoms with Gasteiger partial charge >= 0.3 is 0 Å². The molecular formula is C19H27ClN4O4. The molecule has 0 spiro atoms. The summed E-state index contributed by atoms with van der Waals surface area (Å²) in [6, 6.07) is 5.68. The Morgan fingerprint density at radius 3 is 2.54 bits per heavy atom. The van der Waals surface area contributed by atoms with Crippen LogP contribution in [0.1, 0.15) is 34.9 Å². The molecule has 0 bridgehead atoms. The van der Waals surface area contributed by atoms with Crippen molar-refractivity contribution in [2.24, 2.45) is 0 Å². The van der Waals surface area contributed by atoms with Gasteiger partial charge in [-0.05, 0) is 43.1 Å². The third kappa shape index (κ3) is 4.88. The minimum Gasteiger partial charge on any atom is -0.493 e. The molecule has 0 radical (unpaired) electrons. The summed E-state index contributed by atoms with van der Waals surface area (Å²) in [4.78, 5) is 12.5. The molecular weight excluding hydrogens is 384 g/mol.